The Kier molecular flexibility index (Phi) is 3.57. The van der Waals surface area contributed by atoms with Crippen LogP contribution in [0.3, 0.4) is 0 Å². The molecule has 1 aromatic carbocycles. The monoisotopic (exact) mass is 347 g/mol. The van der Waals surface area contributed by atoms with Gasteiger partial charge in [0.05, 0.1) is 24.6 Å². The van der Waals surface area contributed by atoms with Gasteiger partial charge in [-0.1, -0.05) is 23.8 Å². The number of carboxylic acids is 1. The first-order valence-electron chi connectivity index (χ1n) is 8.07. The van der Waals surface area contributed by atoms with Crippen molar-refractivity contribution >= 4 is 29.2 Å². The molecular formula is C18H18ClNO4. The predicted molar refractivity (Wildman–Crippen MR) is 89.0 cm³/mol. The molecule has 1 aromatic rings. The van der Waals surface area contributed by atoms with Gasteiger partial charge in [-0.25, -0.2) is 0 Å². The lowest BCUT2D eigenvalue weighted by Gasteiger charge is -2.41. The number of nitrogens with one attached hydrogen (secondary N) is 1. The van der Waals surface area contributed by atoms with Crippen LogP contribution in [0, 0.1) is 35.5 Å². The molecule has 0 spiro atoms. The van der Waals surface area contributed by atoms with Gasteiger partial charge in [-0.3, -0.25) is 9.59 Å². The summed E-state index contributed by atoms with van der Waals surface area (Å²) in [5.41, 5.74) is 0.469. The summed E-state index contributed by atoms with van der Waals surface area (Å²) in [6.07, 6.45) is 5.06. The second kappa shape index (κ2) is 5.52. The van der Waals surface area contributed by atoms with Crippen molar-refractivity contribution in [1.82, 2.24) is 0 Å². The van der Waals surface area contributed by atoms with E-state index in [0.717, 1.165) is 6.42 Å². The number of allylic oxidation sites excluding steroid dienone is 2. The first kappa shape index (κ1) is 15.5. The molecule has 126 valence electrons. The molecule has 6 heteroatoms. The fourth-order valence-corrected chi connectivity index (χ4v) is 4.74. The molecule has 4 aliphatic rings. The number of ether oxygens (including phenoxy) is 1. The van der Waals surface area contributed by atoms with Gasteiger partial charge < -0.3 is 15.2 Å². The lowest BCUT2D eigenvalue weighted by molar-refractivity contribution is -0.152. The topological polar surface area (TPSA) is 75.6 Å². The number of carboxylic acid groups (broad SMARTS) is 1. The van der Waals surface area contributed by atoms with Crippen LogP contribution in [0.25, 0.3) is 0 Å². The molecule has 2 bridgehead atoms. The number of anilines is 1. The van der Waals surface area contributed by atoms with Crippen molar-refractivity contribution in [2.24, 2.45) is 35.5 Å². The van der Waals surface area contributed by atoms with E-state index in [2.05, 4.69) is 5.32 Å². The summed E-state index contributed by atoms with van der Waals surface area (Å²) in [7, 11) is 1.51. The lowest BCUT2D eigenvalue weighted by Crippen LogP contribution is -2.48. The van der Waals surface area contributed by atoms with Crippen molar-refractivity contribution in [2.75, 3.05) is 12.4 Å². The molecule has 0 saturated heterocycles. The molecule has 0 heterocycles. The third kappa shape index (κ3) is 2.30. The molecule has 1 amide bonds. The van der Waals surface area contributed by atoms with Crippen LogP contribution >= 0.6 is 11.6 Å². The van der Waals surface area contributed by atoms with Gasteiger partial charge in [-0.05, 0) is 48.3 Å². The summed E-state index contributed by atoms with van der Waals surface area (Å²) >= 11 is 6.00. The molecule has 2 N–H and O–H groups in total. The maximum Gasteiger partial charge on any atom is 0.307 e. The Balaban J connectivity index is 1.63. The average molecular weight is 348 g/mol. The zero-order valence-corrected chi connectivity index (χ0v) is 13.9. The number of rotatable bonds is 4. The number of benzene rings is 1. The van der Waals surface area contributed by atoms with Gasteiger partial charge in [0.1, 0.15) is 5.75 Å². The summed E-state index contributed by atoms with van der Waals surface area (Å²) in [5, 5.41) is 13.0. The van der Waals surface area contributed by atoms with Crippen LogP contribution in [0.5, 0.6) is 5.75 Å². The molecule has 0 aromatic heterocycles. The number of amides is 1. The zero-order valence-electron chi connectivity index (χ0n) is 13.1. The van der Waals surface area contributed by atoms with Crippen molar-refractivity contribution in [1.29, 1.82) is 0 Å². The molecule has 5 rings (SSSR count). The Morgan fingerprint density at radius 2 is 1.88 bits per heavy atom. The number of halogens is 1. The van der Waals surface area contributed by atoms with Crippen LogP contribution in [-0.2, 0) is 9.59 Å². The van der Waals surface area contributed by atoms with E-state index in [1.807, 2.05) is 12.2 Å². The summed E-state index contributed by atoms with van der Waals surface area (Å²) in [6.45, 7) is 0. The molecule has 2 fully saturated rings. The molecule has 0 aliphatic heterocycles. The van der Waals surface area contributed by atoms with E-state index in [1.54, 1.807) is 18.2 Å². The molecule has 0 unspecified atom stereocenters. The third-order valence-electron chi connectivity index (χ3n) is 5.66. The molecule has 24 heavy (non-hydrogen) atoms. The van der Waals surface area contributed by atoms with Gasteiger partial charge in [0.25, 0.3) is 0 Å². The maximum atomic E-state index is 12.9. The summed E-state index contributed by atoms with van der Waals surface area (Å²) in [6, 6.07) is 4.97. The van der Waals surface area contributed by atoms with Gasteiger partial charge >= 0.3 is 5.97 Å². The number of aliphatic carboxylic acids is 1. The normalized spacial score (nSPS) is 35.2. The lowest BCUT2D eigenvalue weighted by atomic mass is 9.62. The molecule has 6 atom stereocenters. The molecule has 2 saturated carbocycles. The van der Waals surface area contributed by atoms with Crippen LogP contribution in [0.2, 0.25) is 5.02 Å². The minimum absolute atomic E-state index is 0.00581. The number of carbonyl (C=O) groups is 2. The fraction of sp³-hybridized carbons (Fsp3) is 0.444. The first-order chi connectivity index (χ1) is 11.5. The van der Waals surface area contributed by atoms with Crippen molar-refractivity contribution in [3.63, 3.8) is 0 Å². The Morgan fingerprint density at radius 1 is 1.21 bits per heavy atom. The number of fused-ring (bicyclic) bond motifs is 1. The van der Waals surface area contributed by atoms with Gasteiger partial charge in [-0.2, -0.15) is 0 Å². The molecule has 4 aliphatic carbocycles. The fourth-order valence-electron chi connectivity index (χ4n) is 4.56. The second-order valence-corrected chi connectivity index (χ2v) is 7.26. The second-order valence-electron chi connectivity index (χ2n) is 6.83. The van der Waals surface area contributed by atoms with Crippen molar-refractivity contribution < 1.29 is 19.4 Å². The van der Waals surface area contributed by atoms with Gasteiger partial charge in [0, 0.05) is 5.02 Å². The Bertz CT molecular complexity index is 747. The van der Waals surface area contributed by atoms with E-state index in [1.165, 1.54) is 7.11 Å². The summed E-state index contributed by atoms with van der Waals surface area (Å²) in [4.78, 5) is 24.7. The maximum absolute atomic E-state index is 12.9. The van der Waals surface area contributed by atoms with Crippen LogP contribution in [0.4, 0.5) is 5.69 Å². The zero-order chi connectivity index (χ0) is 17.0. The minimum Gasteiger partial charge on any atom is -0.495 e. The van der Waals surface area contributed by atoms with Crippen LogP contribution in [0.1, 0.15) is 6.42 Å². The minimum atomic E-state index is -0.891. The quantitative estimate of drug-likeness (QED) is 0.821. The highest BCUT2D eigenvalue weighted by Crippen LogP contribution is 2.63. The number of carbonyl (C=O) groups excluding carboxylic acids is 1. The Hall–Kier alpha value is -2.01. The average Bonchev–Trinajstić information content (AvgIpc) is 3.36. The van der Waals surface area contributed by atoms with E-state index >= 15 is 0 Å². The van der Waals surface area contributed by atoms with Crippen LogP contribution in [-0.4, -0.2) is 24.1 Å². The third-order valence-corrected chi connectivity index (χ3v) is 5.89. The first-order valence-corrected chi connectivity index (χ1v) is 8.44. The van der Waals surface area contributed by atoms with Crippen molar-refractivity contribution in [3.8, 4) is 5.75 Å². The van der Waals surface area contributed by atoms with Crippen LogP contribution < -0.4 is 10.1 Å². The predicted octanol–water partition coefficient (Wildman–Crippen LogP) is 3.06. The summed E-state index contributed by atoms with van der Waals surface area (Å²) < 4.78 is 5.25. The van der Waals surface area contributed by atoms with Gasteiger partial charge in [0.15, 0.2) is 0 Å². The molecule has 5 nitrogen and oxygen atoms in total. The van der Waals surface area contributed by atoms with E-state index < -0.39 is 17.8 Å². The van der Waals surface area contributed by atoms with E-state index in [4.69, 9.17) is 16.3 Å². The number of hydrogen-bond acceptors (Lipinski definition) is 3. The van der Waals surface area contributed by atoms with Crippen LogP contribution in [0.15, 0.2) is 30.4 Å². The summed E-state index contributed by atoms with van der Waals surface area (Å²) in [5.74, 6) is -1.01. The van der Waals surface area contributed by atoms with Crippen molar-refractivity contribution in [2.45, 2.75) is 6.42 Å². The van der Waals surface area contributed by atoms with E-state index in [0.29, 0.717) is 28.3 Å². The van der Waals surface area contributed by atoms with Gasteiger partial charge in [0.2, 0.25) is 5.91 Å². The van der Waals surface area contributed by atoms with Crippen molar-refractivity contribution in [3.05, 3.63) is 35.4 Å². The Labute approximate surface area is 144 Å². The highest BCUT2D eigenvalue weighted by molar-refractivity contribution is 6.31. The number of hydrogen-bond donors (Lipinski definition) is 2. The SMILES string of the molecule is COc1ccc(Cl)cc1NC(=O)[C@@H]1[C@@H]2C=C[C@H]([C@H]3C[C@H]23)[C@@H]1C(=O)O. The van der Waals surface area contributed by atoms with Gasteiger partial charge in [-0.15, -0.1) is 0 Å². The number of methoxy groups -OCH3 is 1. The molecule has 0 radical (unpaired) electrons. The molecular weight excluding hydrogens is 330 g/mol. The van der Waals surface area contributed by atoms with E-state index in [-0.39, 0.29) is 17.7 Å². The highest BCUT2D eigenvalue weighted by Gasteiger charge is 2.63. The largest absolute Gasteiger partial charge is 0.495 e. The highest BCUT2D eigenvalue weighted by atomic mass is 35.5. The Morgan fingerprint density at radius 3 is 2.50 bits per heavy atom. The van der Waals surface area contributed by atoms with E-state index in [9.17, 15) is 14.7 Å². The standard InChI is InChI=1S/C18H18ClNO4/c1-24-14-5-2-8(19)6-13(14)20-17(21)15-9-3-4-10(12-7-11(9)12)16(15)18(22)23/h2-6,9-12,15-16H,7H2,1H3,(H,20,21)(H,22,23)/t9-,10-,11-,12-,15-,16+/m1/s1. The smallest absolute Gasteiger partial charge is 0.307 e.